The summed E-state index contributed by atoms with van der Waals surface area (Å²) in [7, 11) is 1.62. The summed E-state index contributed by atoms with van der Waals surface area (Å²) in [5, 5.41) is 3.39. The predicted molar refractivity (Wildman–Crippen MR) is 104 cm³/mol. The second-order valence-electron chi connectivity index (χ2n) is 5.59. The molecule has 0 radical (unpaired) electrons. The Morgan fingerprint density at radius 2 is 1.85 bits per heavy atom. The molecule has 0 unspecified atom stereocenters. The molecule has 1 N–H and O–H groups in total. The van der Waals surface area contributed by atoms with Crippen LogP contribution in [0.5, 0.6) is 11.5 Å². The first-order chi connectivity index (χ1) is 12.2. The molecular weight excluding hydrogens is 357 g/mol. The summed E-state index contributed by atoms with van der Waals surface area (Å²) in [6, 6.07) is 12.1. The second-order valence-corrected chi connectivity index (χ2v) is 5.59. The quantitative estimate of drug-likeness (QED) is 0.585. The molecule has 0 saturated carbocycles. The number of ether oxygens (including phenoxy) is 3. The van der Waals surface area contributed by atoms with Crippen LogP contribution >= 0.6 is 12.4 Å². The van der Waals surface area contributed by atoms with E-state index < -0.39 is 0 Å². The molecule has 0 aliphatic carbocycles. The topological polar surface area (TPSA) is 39.7 Å². The third-order valence-electron chi connectivity index (χ3n) is 3.74. The first-order valence-electron chi connectivity index (χ1n) is 8.56. The maximum atomic E-state index is 13.0. The maximum absolute atomic E-state index is 13.0. The van der Waals surface area contributed by atoms with Crippen molar-refractivity contribution in [1.82, 2.24) is 5.32 Å². The van der Waals surface area contributed by atoms with Gasteiger partial charge in [0.05, 0.1) is 7.11 Å². The zero-order valence-corrected chi connectivity index (χ0v) is 16.1. The predicted octanol–water partition coefficient (Wildman–Crippen LogP) is 4.35. The molecule has 4 nitrogen and oxygen atoms in total. The molecule has 26 heavy (non-hydrogen) atoms. The molecule has 0 fully saturated rings. The van der Waals surface area contributed by atoms with Gasteiger partial charge in [0.25, 0.3) is 0 Å². The summed E-state index contributed by atoms with van der Waals surface area (Å²) in [5.41, 5.74) is 1.93. The number of methoxy groups -OCH3 is 1. The van der Waals surface area contributed by atoms with Gasteiger partial charge in [-0.25, -0.2) is 4.39 Å². The highest BCUT2D eigenvalue weighted by Gasteiger charge is 2.11. The van der Waals surface area contributed by atoms with E-state index in [1.165, 1.54) is 12.1 Å². The van der Waals surface area contributed by atoms with Crippen LogP contribution in [0.1, 0.15) is 24.5 Å². The zero-order valence-electron chi connectivity index (χ0n) is 15.3. The minimum absolute atomic E-state index is 0. The monoisotopic (exact) mass is 383 g/mol. The van der Waals surface area contributed by atoms with Crippen LogP contribution < -0.4 is 14.8 Å². The van der Waals surface area contributed by atoms with Crippen LogP contribution in [0.2, 0.25) is 0 Å². The molecule has 0 heterocycles. The van der Waals surface area contributed by atoms with Gasteiger partial charge in [-0.2, -0.15) is 0 Å². The van der Waals surface area contributed by atoms with Crippen molar-refractivity contribution >= 4 is 12.4 Å². The number of hydrogen-bond acceptors (Lipinski definition) is 4. The van der Waals surface area contributed by atoms with Gasteiger partial charge in [0, 0.05) is 25.3 Å². The standard InChI is InChI=1S/C20H26FNO3.ClH/c1-3-24-13-5-12-22-14-17-6-4-7-19(23-2)20(17)25-15-16-8-10-18(21)11-9-16;/h4,6-11,22H,3,5,12-15H2,1-2H3;1H. The van der Waals surface area contributed by atoms with E-state index >= 15 is 0 Å². The minimum atomic E-state index is -0.252. The van der Waals surface area contributed by atoms with E-state index in [9.17, 15) is 4.39 Å². The average molecular weight is 384 g/mol. The smallest absolute Gasteiger partial charge is 0.166 e. The fraction of sp³-hybridized carbons (Fsp3) is 0.400. The number of para-hydroxylation sites is 1. The lowest BCUT2D eigenvalue weighted by atomic mass is 10.1. The molecule has 0 bridgehead atoms. The van der Waals surface area contributed by atoms with Crippen molar-refractivity contribution in [3.63, 3.8) is 0 Å². The SMILES string of the molecule is CCOCCCNCc1cccc(OC)c1OCc1ccc(F)cc1.Cl. The summed E-state index contributed by atoms with van der Waals surface area (Å²) in [6.07, 6.45) is 0.962. The van der Waals surface area contributed by atoms with E-state index in [0.29, 0.717) is 24.7 Å². The van der Waals surface area contributed by atoms with E-state index in [4.69, 9.17) is 14.2 Å². The van der Waals surface area contributed by atoms with Crippen molar-refractivity contribution in [3.05, 3.63) is 59.4 Å². The van der Waals surface area contributed by atoms with Gasteiger partial charge in [0.1, 0.15) is 12.4 Å². The lowest BCUT2D eigenvalue weighted by Crippen LogP contribution is -2.17. The number of hydrogen-bond donors (Lipinski definition) is 1. The summed E-state index contributed by atoms with van der Waals surface area (Å²) in [5.74, 6) is 1.15. The van der Waals surface area contributed by atoms with Gasteiger partial charge < -0.3 is 19.5 Å². The summed E-state index contributed by atoms with van der Waals surface area (Å²) >= 11 is 0. The van der Waals surface area contributed by atoms with E-state index in [0.717, 1.165) is 37.3 Å². The Morgan fingerprint density at radius 1 is 1.08 bits per heavy atom. The van der Waals surface area contributed by atoms with Crippen molar-refractivity contribution in [1.29, 1.82) is 0 Å². The van der Waals surface area contributed by atoms with E-state index in [-0.39, 0.29) is 18.2 Å². The third kappa shape index (κ3) is 7.20. The Balaban J connectivity index is 0.00000338. The van der Waals surface area contributed by atoms with Crippen molar-refractivity contribution in [2.24, 2.45) is 0 Å². The highest BCUT2D eigenvalue weighted by molar-refractivity contribution is 5.85. The normalized spacial score (nSPS) is 10.3. The first kappa shape index (κ1) is 22.2. The van der Waals surface area contributed by atoms with Gasteiger partial charge in [0.15, 0.2) is 11.5 Å². The molecule has 2 rings (SSSR count). The molecule has 2 aromatic rings. The molecule has 0 spiro atoms. The number of rotatable bonds is 11. The molecule has 0 amide bonds. The molecule has 6 heteroatoms. The van der Waals surface area contributed by atoms with Crippen LogP contribution in [-0.4, -0.2) is 26.9 Å². The van der Waals surface area contributed by atoms with Crippen LogP contribution in [0.4, 0.5) is 4.39 Å². The Hall–Kier alpha value is -1.82. The highest BCUT2D eigenvalue weighted by Crippen LogP contribution is 2.31. The second kappa shape index (κ2) is 12.5. The van der Waals surface area contributed by atoms with Crippen LogP contribution in [0.25, 0.3) is 0 Å². The molecule has 0 saturated heterocycles. The lowest BCUT2D eigenvalue weighted by Gasteiger charge is -2.16. The van der Waals surface area contributed by atoms with Gasteiger partial charge in [-0.1, -0.05) is 24.3 Å². The van der Waals surface area contributed by atoms with Crippen molar-refractivity contribution in [2.75, 3.05) is 26.9 Å². The van der Waals surface area contributed by atoms with Crippen LogP contribution in [-0.2, 0) is 17.9 Å². The highest BCUT2D eigenvalue weighted by atomic mass is 35.5. The number of nitrogens with one attached hydrogen (secondary N) is 1. The van der Waals surface area contributed by atoms with E-state index in [2.05, 4.69) is 5.32 Å². The molecule has 144 valence electrons. The maximum Gasteiger partial charge on any atom is 0.166 e. The van der Waals surface area contributed by atoms with Gasteiger partial charge >= 0.3 is 0 Å². The Bertz CT molecular complexity index is 637. The van der Waals surface area contributed by atoms with Crippen molar-refractivity contribution in [2.45, 2.75) is 26.5 Å². The first-order valence-corrected chi connectivity index (χ1v) is 8.56. The average Bonchev–Trinajstić information content (AvgIpc) is 2.64. The van der Waals surface area contributed by atoms with Crippen LogP contribution in [0, 0.1) is 5.82 Å². The largest absolute Gasteiger partial charge is 0.493 e. The Labute approximate surface area is 161 Å². The third-order valence-corrected chi connectivity index (χ3v) is 3.74. The molecule has 0 aliphatic rings. The summed E-state index contributed by atoms with van der Waals surface area (Å²) < 4.78 is 29.7. The van der Waals surface area contributed by atoms with E-state index in [1.54, 1.807) is 19.2 Å². The van der Waals surface area contributed by atoms with Gasteiger partial charge in [-0.15, -0.1) is 12.4 Å². The Morgan fingerprint density at radius 3 is 2.54 bits per heavy atom. The number of benzene rings is 2. The molecule has 0 atom stereocenters. The fourth-order valence-corrected chi connectivity index (χ4v) is 2.43. The van der Waals surface area contributed by atoms with Gasteiger partial charge in [-0.05, 0) is 43.7 Å². The summed E-state index contributed by atoms with van der Waals surface area (Å²) in [4.78, 5) is 0. The van der Waals surface area contributed by atoms with Crippen molar-refractivity contribution in [3.8, 4) is 11.5 Å². The van der Waals surface area contributed by atoms with Crippen LogP contribution in [0.3, 0.4) is 0 Å². The molecular formula is C20H27ClFNO3. The fourth-order valence-electron chi connectivity index (χ4n) is 2.43. The molecule has 0 aromatic heterocycles. The van der Waals surface area contributed by atoms with E-state index in [1.807, 2.05) is 25.1 Å². The summed E-state index contributed by atoms with van der Waals surface area (Å²) in [6.45, 7) is 5.41. The number of halogens is 2. The Kier molecular flexibility index (Phi) is 10.7. The van der Waals surface area contributed by atoms with Crippen molar-refractivity contribution < 1.29 is 18.6 Å². The molecule has 0 aliphatic heterocycles. The molecule has 2 aromatic carbocycles. The minimum Gasteiger partial charge on any atom is -0.493 e. The lowest BCUT2D eigenvalue weighted by molar-refractivity contribution is 0.144. The van der Waals surface area contributed by atoms with Gasteiger partial charge in [0.2, 0.25) is 0 Å². The van der Waals surface area contributed by atoms with Crippen LogP contribution in [0.15, 0.2) is 42.5 Å². The zero-order chi connectivity index (χ0) is 17.9. The van der Waals surface area contributed by atoms with Gasteiger partial charge in [-0.3, -0.25) is 0 Å².